The van der Waals surface area contributed by atoms with Crippen LogP contribution in [0.5, 0.6) is 0 Å². The van der Waals surface area contributed by atoms with Gasteiger partial charge in [0.1, 0.15) is 0 Å². The molecule has 4 aliphatic carbocycles. The van der Waals surface area contributed by atoms with Crippen LogP contribution in [0.1, 0.15) is 44.1 Å². The number of aliphatic imine (C=N–C) groups is 1. The third-order valence-corrected chi connectivity index (χ3v) is 5.20. The third kappa shape index (κ3) is 1.79. The summed E-state index contributed by atoms with van der Waals surface area (Å²) in [5, 5.41) is 0. The third-order valence-electron chi connectivity index (χ3n) is 5.20. The molecule has 4 aliphatic rings. The molecule has 0 N–H and O–H groups in total. The van der Waals surface area contributed by atoms with Gasteiger partial charge in [0.05, 0.1) is 5.54 Å². The highest BCUT2D eigenvalue weighted by Gasteiger charge is 2.50. The van der Waals surface area contributed by atoms with Crippen LogP contribution in [-0.4, -0.2) is 16.7 Å². The van der Waals surface area contributed by atoms with Crippen LogP contribution in [-0.2, 0) is 0 Å². The summed E-state index contributed by atoms with van der Waals surface area (Å²) in [6.45, 7) is 0. The van der Waals surface area contributed by atoms with Gasteiger partial charge in [0.2, 0.25) is 0 Å². The van der Waals surface area contributed by atoms with E-state index < -0.39 is 0 Å². The summed E-state index contributed by atoms with van der Waals surface area (Å²) >= 11 is 0. The molecule has 2 heteroatoms. The average molecular weight is 240 g/mol. The Bertz CT molecular complexity index is 428. The summed E-state index contributed by atoms with van der Waals surface area (Å²) in [6.07, 6.45) is 14.3. The molecular formula is C16H20N2. The summed E-state index contributed by atoms with van der Waals surface area (Å²) in [5.41, 5.74) is 1.50. The van der Waals surface area contributed by atoms with E-state index in [2.05, 4.69) is 11.2 Å². The molecule has 4 saturated carbocycles. The lowest BCUT2D eigenvalue weighted by Crippen LogP contribution is -2.49. The van der Waals surface area contributed by atoms with E-state index in [1.54, 1.807) is 0 Å². The first-order chi connectivity index (χ1) is 8.81. The van der Waals surface area contributed by atoms with Crippen LogP contribution in [0.4, 0.5) is 0 Å². The molecule has 4 bridgehead atoms. The van der Waals surface area contributed by atoms with Gasteiger partial charge in [0.15, 0.2) is 0 Å². The molecule has 0 spiro atoms. The van der Waals surface area contributed by atoms with Crippen molar-refractivity contribution in [2.75, 3.05) is 0 Å². The van der Waals surface area contributed by atoms with Crippen molar-refractivity contribution >= 4 is 6.21 Å². The van der Waals surface area contributed by atoms with Crippen molar-refractivity contribution in [3.8, 4) is 0 Å². The molecular weight excluding hydrogens is 220 g/mol. The Kier molecular flexibility index (Phi) is 2.33. The normalized spacial score (nSPS) is 41.7. The van der Waals surface area contributed by atoms with Crippen LogP contribution in [0.25, 0.3) is 0 Å². The Morgan fingerprint density at radius 3 is 2.11 bits per heavy atom. The quantitative estimate of drug-likeness (QED) is 0.727. The Labute approximate surface area is 109 Å². The molecule has 0 aliphatic heterocycles. The van der Waals surface area contributed by atoms with E-state index in [1.165, 1.54) is 44.1 Å². The zero-order valence-electron chi connectivity index (χ0n) is 10.8. The Morgan fingerprint density at radius 1 is 1.00 bits per heavy atom. The van der Waals surface area contributed by atoms with E-state index in [-0.39, 0.29) is 0 Å². The number of rotatable bonds is 2. The fourth-order valence-corrected chi connectivity index (χ4v) is 4.88. The minimum Gasteiger partial charge on any atom is -0.286 e. The fourth-order valence-electron chi connectivity index (χ4n) is 4.88. The summed E-state index contributed by atoms with van der Waals surface area (Å²) in [4.78, 5) is 9.09. The zero-order chi connectivity index (χ0) is 12.0. The molecule has 0 aromatic carbocycles. The van der Waals surface area contributed by atoms with Crippen molar-refractivity contribution in [1.82, 2.24) is 4.98 Å². The van der Waals surface area contributed by atoms with Gasteiger partial charge in [-0.25, -0.2) is 0 Å². The highest BCUT2D eigenvalue weighted by atomic mass is 14.9. The lowest BCUT2D eigenvalue weighted by atomic mass is 9.53. The first kappa shape index (κ1) is 10.7. The summed E-state index contributed by atoms with van der Waals surface area (Å²) in [6, 6.07) is 4.09. The van der Waals surface area contributed by atoms with Gasteiger partial charge in [-0.15, -0.1) is 0 Å². The van der Waals surface area contributed by atoms with Crippen molar-refractivity contribution in [1.29, 1.82) is 0 Å². The Balaban J connectivity index is 1.59. The van der Waals surface area contributed by atoms with E-state index in [4.69, 9.17) is 4.99 Å². The molecule has 4 fully saturated rings. The molecule has 0 amide bonds. The monoisotopic (exact) mass is 240 g/mol. The van der Waals surface area contributed by atoms with Gasteiger partial charge >= 0.3 is 0 Å². The molecule has 18 heavy (non-hydrogen) atoms. The molecule has 1 aromatic rings. The highest BCUT2D eigenvalue weighted by molar-refractivity contribution is 5.79. The van der Waals surface area contributed by atoms with Crippen LogP contribution >= 0.6 is 0 Å². The first-order valence-electron chi connectivity index (χ1n) is 7.27. The lowest BCUT2D eigenvalue weighted by molar-refractivity contribution is 0.00195. The van der Waals surface area contributed by atoms with Crippen LogP contribution in [0, 0.1) is 17.8 Å². The van der Waals surface area contributed by atoms with E-state index >= 15 is 0 Å². The van der Waals surface area contributed by atoms with E-state index in [0.29, 0.717) is 5.54 Å². The maximum atomic E-state index is 5.03. The van der Waals surface area contributed by atoms with Gasteiger partial charge in [-0.2, -0.15) is 0 Å². The molecule has 1 heterocycles. The molecule has 0 radical (unpaired) electrons. The number of nitrogens with zero attached hydrogens (tertiary/aromatic N) is 2. The summed E-state index contributed by atoms with van der Waals surface area (Å²) in [7, 11) is 0. The Hall–Kier alpha value is -1.18. The number of hydrogen-bond acceptors (Lipinski definition) is 2. The topological polar surface area (TPSA) is 25.2 Å². The summed E-state index contributed by atoms with van der Waals surface area (Å²) in [5.74, 6) is 2.93. The number of hydrogen-bond donors (Lipinski definition) is 0. The smallest absolute Gasteiger partial charge is 0.0616 e. The molecule has 0 saturated heterocycles. The van der Waals surface area contributed by atoms with Crippen molar-refractivity contribution in [2.24, 2.45) is 22.7 Å². The van der Waals surface area contributed by atoms with Crippen molar-refractivity contribution in [3.63, 3.8) is 0 Å². The highest BCUT2D eigenvalue weighted by Crippen LogP contribution is 2.57. The number of aromatic nitrogens is 1. The predicted molar refractivity (Wildman–Crippen MR) is 72.7 cm³/mol. The van der Waals surface area contributed by atoms with Crippen LogP contribution in [0.3, 0.4) is 0 Å². The van der Waals surface area contributed by atoms with Crippen molar-refractivity contribution < 1.29 is 0 Å². The molecule has 2 nitrogen and oxygen atoms in total. The molecule has 5 rings (SSSR count). The van der Waals surface area contributed by atoms with Crippen molar-refractivity contribution in [2.45, 2.75) is 44.1 Å². The zero-order valence-corrected chi connectivity index (χ0v) is 10.8. The SMILES string of the molecule is C(=NC12CC3CC(CC(C3)C1)C2)c1ccncc1. The van der Waals surface area contributed by atoms with Gasteiger partial charge < -0.3 is 0 Å². The van der Waals surface area contributed by atoms with Gasteiger partial charge in [0.25, 0.3) is 0 Å². The second-order valence-corrected chi connectivity index (χ2v) is 6.68. The van der Waals surface area contributed by atoms with Crippen LogP contribution in [0.15, 0.2) is 29.5 Å². The van der Waals surface area contributed by atoms with Gasteiger partial charge in [-0.05, 0) is 74.0 Å². The van der Waals surface area contributed by atoms with Crippen LogP contribution < -0.4 is 0 Å². The molecule has 0 atom stereocenters. The number of pyridine rings is 1. The minimum atomic E-state index is 0.304. The second kappa shape index (κ2) is 3.91. The van der Waals surface area contributed by atoms with Gasteiger partial charge in [0, 0.05) is 18.6 Å². The second-order valence-electron chi connectivity index (χ2n) is 6.68. The minimum absolute atomic E-state index is 0.304. The van der Waals surface area contributed by atoms with E-state index in [0.717, 1.165) is 17.8 Å². The molecule has 94 valence electrons. The predicted octanol–water partition coefficient (Wildman–Crippen LogP) is 3.47. The fraction of sp³-hybridized carbons (Fsp3) is 0.625. The van der Waals surface area contributed by atoms with Gasteiger partial charge in [-0.3, -0.25) is 9.98 Å². The standard InChI is InChI=1S/C16H20N2/c1-3-17-4-2-12(1)11-18-16-8-13-5-14(9-16)7-15(6-13)10-16/h1-4,11,13-15H,5-10H2. The summed E-state index contributed by atoms with van der Waals surface area (Å²) < 4.78 is 0. The van der Waals surface area contributed by atoms with E-state index in [9.17, 15) is 0 Å². The lowest BCUT2D eigenvalue weighted by Gasteiger charge is -2.54. The largest absolute Gasteiger partial charge is 0.286 e. The maximum absolute atomic E-state index is 5.03. The molecule has 1 aromatic heterocycles. The van der Waals surface area contributed by atoms with E-state index in [1.807, 2.05) is 24.5 Å². The average Bonchev–Trinajstić information content (AvgIpc) is 2.36. The first-order valence-corrected chi connectivity index (χ1v) is 7.27. The van der Waals surface area contributed by atoms with Crippen molar-refractivity contribution in [3.05, 3.63) is 30.1 Å². The van der Waals surface area contributed by atoms with Crippen LogP contribution in [0.2, 0.25) is 0 Å². The molecule has 0 unspecified atom stereocenters. The maximum Gasteiger partial charge on any atom is 0.0616 e. The Morgan fingerprint density at radius 2 is 1.56 bits per heavy atom. The van der Waals surface area contributed by atoms with Gasteiger partial charge in [-0.1, -0.05) is 0 Å².